The van der Waals surface area contributed by atoms with Crippen molar-refractivity contribution in [3.05, 3.63) is 23.2 Å². The van der Waals surface area contributed by atoms with Crippen molar-refractivity contribution in [1.29, 1.82) is 0 Å². The highest BCUT2D eigenvalue weighted by Crippen LogP contribution is 2.12. The molecule has 0 spiro atoms. The molecule has 2 heterocycles. The summed E-state index contributed by atoms with van der Waals surface area (Å²) in [7, 11) is 0. The molecule has 4 nitrogen and oxygen atoms in total. The van der Waals surface area contributed by atoms with Crippen LogP contribution in [-0.4, -0.2) is 29.2 Å². The second-order valence-electron chi connectivity index (χ2n) is 4.28. The number of halogens is 1. The van der Waals surface area contributed by atoms with E-state index in [0.29, 0.717) is 23.5 Å². The van der Waals surface area contributed by atoms with E-state index in [9.17, 15) is 0 Å². The number of hydrogen-bond acceptors (Lipinski definition) is 4. The Kier molecular flexibility index (Phi) is 5.16. The van der Waals surface area contributed by atoms with Gasteiger partial charge in [0.2, 0.25) is 0 Å². The SMILES string of the molecule is Clc1nccnc1COCCC1CCCCN1. The monoisotopic (exact) mass is 255 g/mol. The van der Waals surface area contributed by atoms with Crippen LogP contribution in [0.25, 0.3) is 0 Å². The fraction of sp³-hybridized carbons (Fsp3) is 0.667. The quantitative estimate of drug-likeness (QED) is 0.820. The topological polar surface area (TPSA) is 47.0 Å². The molecule has 1 aliphatic heterocycles. The minimum atomic E-state index is 0.434. The molecule has 0 bridgehead atoms. The first kappa shape index (κ1) is 12.7. The van der Waals surface area contributed by atoms with E-state index in [4.69, 9.17) is 16.3 Å². The Morgan fingerprint density at radius 1 is 1.35 bits per heavy atom. The predicted octanol–water partition coefficient (Wildman–Crippen LogP) is 2.18. The summed E-state index contributed by atoms with van der Waals surface area (Å²) in [5, 5.41) is 3.93. The Morgan fingerprint density at radius 2 is 2.24 bits per heavy atom. The lowest BCUT2D eigenvalue weighted by Gasteiger charge is -2.23. The Hall–Kier alpha value is -0.710. The van der Waals surface area contributed by atoms with Crippen LogP contribution < -0.4 is 5.32 Å². The van der Waals surface area contributed by atoms with E-state index in [1.54, 1.807) is 12.4 Å². The Balaban J connectivity index is 1.64. The molecule has 1 atom stereocenters. The van der Waals surface area contributed by atoms with Crippen LogP contribution in [0.5, 0.6) is 0 Å². The molecule has 94 valence electrons. The molecule has 0 aliphatic carbocycles. The molecule has 1 fully saturated rings. The van der Waals surface area contributed by atoms with Gasteiger partial charge in [0.25, 0.3) is 0 Å². The first-order valence-electron chi connectivity index (χ1n) is 6.13. The van der Waals surface area contributed by atoms with Gasteiger partial charge < -0.3 is 10.1 Å². The normalized spacial score (nSPS) is 20.4. The van der Waals surface area contributed by atoms with Crippen molar-refractivity contribution in [1.82, 2.24) is 15.3 Å². The number of nitrogens with zero attached hydrogens (tertiary/aromatic N) is 2. The second kappa shape index (κ2) is 6.89. The molecule has 1 aromatic rings. The summed E-state index contributed by atoms with van der Waals surface area (Å²) >= 11 is 5.89. The van der Waals surface area contributed by atoms with Gasteiger partial charge in [0.15, 0.2) is 5.15 Å². The molecule has 1 saturated heterocycles. The van der Waals surface area contributed by atoms with Crippen molar-refractivity contribution in [3.63, 3.8) is 0 Å². The molecule has 0 radical (unpaired) electrons. The largest absolute Gasteiger partial charge is 0.375 e. The van der Waals surface area contributed by atoms with Gasteiger partial charge in [-0.2, -0.15) is 0 Å². The number of ether oxygens (including phenoxy) is 1. The van der Waals surface area contributed by atoms with E-state index >= 15 is 0 Å². The second-order valence-corrected chi connectivity index (χ2v) is 4.64. The van der Waals surface area contributed by atoms with Crippen LogP contribution in [0.2, 0.25) is 5.15 Å². The molecular formula is C12H18ClN3O. The lowest BCUT2D eigenvalue weighted by atomic mass is 10.0. The van der Waals surface area contributed by atoms with E-state index in [1.165, 1.54) is 19.3 Å². The molecule has 2 rings (SSSR count). The maximum atomic E-state index is 5.89. The van der Waals surface area contributed by atoms with Gasteiger partial charge >= 0.3 is 0 Å². The number of aromatic nitrogens is 2. The van der Waals surface area contributed by atoms with Crippen molar-refractivity contribution >= 4 is 11.6 Å². The minimum Gasteiger partial charge on any atom is -0.375 e. The standard InChI is InChI=1S/C12H18ClN3O/c13-12-11(15-6-7-16-12)9-17-8-4-10-3-1-2-5-14-10/h6-7,10,14H,1-5,8-9H2. The third kappa shape index (κ3) is 4.22. The van der Waals surface area contributed by atoms with Gasteiger partial charge in [-0.25, -0.2) is 4.98 Å². The van der Waals surface area contributed by atoms with Gasteiger partial charge in [0, 0.05) is 25.0 Å². The summed E-state index contributed by atoms with van der Waals surface area (Å²) in [6.07, 6.45) is 8.15. The Labute approximate surface area is 107 Å². The van der Waals surface area contributed by atoms with Crippen molar-refractivity contribution in [2.75, 3.05) is 13.2 Å². The van der Waals surface area contributed by atoms with E-state index < -0.39 is 0 Å². The van der Waals surface area contributed by atoms with Crippen LogP contribution in [0, 0.1) is 0 Å². The van der Waals surface area contributed by atoms with Crippen LogP contribution in [-0.2, 0) is 11.3 Å². The minimum absolute atomic E-state index is 0.434. The summed E-state index contributed by atoms with van der Waals surface area (Å²) in [6, 6.07) is 0.612. The summed E-state index contributed by atoms with van der Waals surface area (Å²) in [4.78, 5) is 8.09. The van der Waals surface area contributed by atoms with Gasteiger partial charge in [-0.05, 0) is 25.8 Å². The van der Waals surface area contributed by atoms with Crippen molar-refractivity contribution in [3.8, 4) is 0 Å². The first-order chi connectivity index (χ1) is 8.36. The summed E-state index contributed by atoms with van der Waals surface area (Å²) < 4.78 is 5.58. The highest BCUT2D eigenvalue weighted by molar-refractivity contribution is 6.29. The predicted molar refractivity (Wildman–Crippen MR) is 67.0 cm³/mol. The summed E-state index contributed by atoms with van der Waals surface area (Å²) in [5.74, 6) is 0. The zero-order valence-electron chi connectivity index (χ0n) is 9.86. The van der Waals surface area contributed by atoms with Gasteiger partial charge in [0.1, 0.15) is 5.69 Å². The van der Waals surface area contributed by atoms with Crippen LogP contribution >= 0.6 is 11.6 Å². The third-order valence-electron chi connectivity index (χ3n) is 2.98. The Bertz CT molecular complexity index is 342. The van der Waals surface area contributed by atoms with E-state index in [-0.39, 0.29) is 0 Å². The molecule has 1 N–H and O–H groups in total. The smallest absolute Gasteiger partial charge is 0.152 e. The molecular weight excluding hydrogens is 238 g/mol. The molecule has 0 aromatic carbocycles. The Morgan fingerprint density at radius 3 is 3.00 bits per heavy atom. The summed E-state index contributed by atoms with van der Waals surface area (Å²) in [6.45, 7) is 2.32. The molecule has 1 aromatic heterocycles. The molecule has 0 amide bonds. The van der Waals surface area contributed by atoms with E-state index in [1.807, 2.05) is 0 Å². The maximum Gasteiger partial charge on any atom is 0.152 e. The fourth-order valence-corrected chi connectivity index (χ4v) is 2.17. The van der Waals surface area contributed by atoms with Crippen LogP contribution in [0.15, 0.2) is 12.4 Å². The van der Waals surface area contributed by atoms with Crippen molar-refractivity contribution in [2.24, 2.45) is 0 Å². The number of piperidine rings is 1. The average molecular weight is 256 g/mol. The van der Waals surface area contributed by atoms with Gasteiger partial charge in [0.05, 0.1) is 6.61 Å². The third-order valence-corrected chi connectivity index (χ3v) is 3.30. The lowest BCUT2D eigenvalue weighted by molar-refractivity contribution is 0.106. The van der Waals surface area contributed by atoms with Crippen LogP contribution in [0.1, 0.15) is 31.4 Å². The number of hydrogen-bond donors (Lipinski definition) is 1. The van der Waals surface area contributed by atoms with E-state index in [2.05, 4.69) is 15.3 Å². The first-order valence-corrected chi connectivity index (χ1v) is 6.50. The summed E-state index contributed by atoms with van der Waals surface area (Å²) in [5.41, 5.74) is 0.714. The molecule has 0 saturated carbocycles. The molecule has 5 heteroatoms. The van der Waals surface area contributed by atoms with Crippen molar-refractivity contribution in [2.45, 2.75) is 38.3 Å². The molecule has 1 aliphatic rings. The lowest BCUT2D eigenvalue weighted by Crippen LogP contribution is -2.34. The number of rotatable bonds is 5. The zero-order valence-corrected chi connectivity index (χ0v) is 10.6. The number of nitrogens with one attached hydrogen (secondary N) is 1. The highest BCUT2D eigenvalue weighted by atomic mass is 35.5. The maximum absolute atomic E-state index is 5.89. The zero-order chi connectivity index (χ0) is 11.9. The average Bonchev–Trinajstić information content (AvgIpc) is 2.38. The van der Waals surface area contributed by atoms with Gasteiger partial charge in [-0.1, -0.05) is 18.0 Å². The van der Waals surface area contributed by atoms with Crippen LogP contribution in [0.4, 0.5) is 0 Å². The van der Waals surface area contributed by atoms with Crippen LogP contribution in [0.3, 0.4) is 0 Å². The van der Waals surface area contributed by atoms with Gasteiger partial charge in [-0.3, -0.25) is 4.98 Å². The molecule has 17 heavy (non-hydrogen) atoms. The van der Waals surface area contributed by atoms with E-state index in [0.717, 1.165) is 19.6 Å². The fourth-order valence-electron chi connectivity index (χ4n) is 2.01. The van der Waals surface area contributed by atoms with Gasteiger partial charge in [-0.15, -0.1) is 0 Å². The molecule has 1 unspecified atom stereocenters. The van der Waals surface area contributed by atoms with Crippen molar-refractivity contribution < 1.29 is 4.74 Å². The highest BCUT2D eigenvalue weighted by Gasteiger charge is 2.12.